The summed E-state index contributed by atoms with van der Waals surface area (Å²) in [6.45, 7) is 0. The lowest BCUT2D eigenvalue weighted by Crippen LogP contribution is -1.88. The van der Waals surface area contributed by atoms with Crippen molar-refractivity contribution in [1.29, 1.82) is 0 Å². The molecule has 1 aromatic heterocycles. The molecule has 14 heavy (non-hydrogen) atoms. The zero-order chi connectivity index (χ0) is 10.8. The first-order valence-corrected chi connectivity index (χ1v) is 6.54. The van der Waals surface area contributed by atoms with Crippen LogP contribution in [-0.2, 0) is 10.1 Å². The van der Waals surface area contributed by atoms with E-state index >= 15 is 0 Å². The van der Waals surface area contributed by atoms with Crippen LogP contribution in [0.5, 0.6) is 0 Å². The van der Waals surface area contributed by atoms with E-state index in [1.807, 2.05) is 0 Å². The predicted octanol–water partition coefficient (Wildman–Crippen LogP) is 0.502. The second kappa shape index (κ2) is 4.20. The first-order chi connectivity index (χ1) is 6.36. The van der Waals surface area contributed by atoms with Crippen molar-refractivity contribution in [1.82, 2.24) is 10.2 Å². The smallest absolute Gasteiger partial charge is 0.261 e. The Labute approximate surface area is 85.9 Å². The Hall–Kier alpha value is -0.730. The van der Waals surface area contributed by atoms with E-state index in [0.29, 0.717) is 17.3 Å². The quantitative estimate of drug-likeness (QED) is 0.689. The molecule has 0 atom stereocenters. The summed E-state index contributed by atoms with van der Waals surface area (Å²) in [5.41, 5.74) is 5.39. The van der Waals surface area contributed by atoms with Crippen LogP contribution in [-0.4, -0.2) is 29.4 Å². The van der Waals surface area contributed by atoms with E-state index in [2.05, 4.69) is 10.2 Å². The largest absolute Gasteiger partial charge is 0.374 e. The number of anilines is 1. The average molecular weight is 237 g/mol. The molecule has 0 spiro atoms. The zero-order valence-electron chi connectivity index (χ0n) is 7.54. The molecule has 1 aliphatic carbocycles. The summed E-state index contributed by atoms with van der Waals surface area (Å²) in [6.07, 6.45) is 3.26. The highest BCUT2D eigenvalue weighted by Crippen LogP contribution is 2.41. The molecule has 0 amide bonds. The van der Waals surface area contributed by atoms with Crippen LogP contribution in [0.3, 0.4) is 0 Å². The Morgan fingerprint density at radius 3 is 2.29 bits per heavy atom. The van der Waals surface area contributed by atoms with Gasteiger partial charge in [0.1, 0.15) is 5.01 Å². The van der Waals surface area contributed by atoms with Gasteiger partial charge in [-0.05, 0) is 12.8 Å². The molecule has 0 saturated heterocycles. The van der Waals surface area contributed by atoms with Gasteiger partial charge in [0.25, 0.3) is 10.1 Å². The van der Waals surface area contributed by atoms with Crippen molar-refractivity contribution in [3.63, 3.8) is 0 Å². The van der Waals surface area contributed by atoms with Gasteiger partial charge in [-0.1, -0.05) is 11.3 Å². The summed E-state index contributed by atoms with van der Waals surface area (Å²) in [7, 11) is -3.67. The molecular weight excluding hydrogens is 226 g/mol. The maximum atomic E-state index is 9.19. The van der Waals surface area contributed by atoms with E-state index in [-0.39, 0.29) is 0 Å². The van der Waals surface area contributed by atoms with Crippen molar-refractivity contribution in [2.24, 2.45) is 0 Å². The molecule has 80 valence electrons. The molecule has 0 radical (unpaired) electrons. The first kappa shape index (κ1) is 11.3. The Balaban J connectivity index is 0.000000171. The molecule has 8 heteroatoms. The van der Waals surface area contributed by atoms with Gasteiger partial charge in [0.15, 0.2) is 0 Å². The highest BCUT2D eigenvalue weighted by molar-refractivity contribution is 7.85. The lowest BCUT2D eigenvalue weighted by molar-refractivity contribution is 0.490. The van der Waals surface area contributed by atoms with E-state index in [4.69, 9.17) is 10.3 Å². The molecule has 1 aliphatic rings. The molecule has 1 heterocycles. The van der Waals surface area contributed by atoms with Crippen LogP contribution >= 0.6 is 11.3 Å². The molecule has 0 unspecified atom stereocenters. The van der Waals surface area contributed by atoms with Crippen molar-refractivity contribution in [2.45, 2.75) is 18.8 Å². The summed E-state index contributed by atoms with van der Waals surface area (Å²) < 4.78 is 25.9. The van der Waals surface area contributed by atoms with Crippen LogP contribution < -0.4 is 5.73 Å². The lowest BCUT2D eigenvalue weighted by Gasteiger charge is -1.78. The summed E-state index contributed by atoms with van der Waals surface area (Å²) in [5.74, 6) is 0.694. The summed E-state index contributed by atoms with van der Waals surface area (Å²) >= 11 is 1.51. The molecule has 2 rings (SSSR count). The monoisotopic (exact) mass is 237 g/mol. The number of aromatic nitrogens is 2. The fraction of sp³-hybridized carbons (Fsp3) is 0.667. The van der Waals surface area contributed by atoms with Crippen LogP contribution in [0.15, 0.2) is 0 Å². The van der Waals surface area contributed by atoms with E-state index in [1.165, 1.54) is 24.2 Å². The minimum Gasteiger partial charge on any atom is -0.374 e. The third kappa shape index (κ3) is 5.10. The standard InChI is InChI=1S/C5H7N3S.CH4O3S/c6-5-8-7-4(9-5)3-1-2-3;1-5(2,3)4/h3H,1-2H2,(H2,6,8);1H3,(H,2,3,4). The molecule has 0 aliphatic heterocycles. The Bertz CT molecular complexity index is 388. The third-order valence-corrected chi connectivity index (χ3v) is 2.30. The molecule has 1 fully saturated rings. The predicted molar refractivity (Wildman–Crippen MR) is 53.8 cm³/mol. The zero-order valence-corrected chi connectivity index (χ0v) is 9.18. The van der Waals surface area contributed by atoms with Crippen LogP contribution in [0.1, 0.15) is 23.8 Å². The molecule has 6 nitrogen and oxygen atoms in total. The molecule has 0 bridgehead atoms. The lowest BCUT2D eigenvalue weighted by atomic mass is 10.5. The van der Waals surface area contributed by atoms with Crippen molar-refractivity contribution in [3.8, 4) is 0 Å². The van der Waals surface area contributed by atoms with Gasteiger partial charge in [-0.25, -0.2) is 0 Å². The van der Waals surface area contributed by atoms with Gasteiger partial charge in [0.05, 0.1) is 6.26 Å². The number of hydrogen-bond acceptors (Lipinski definition) is 6. The average Bonchev–Trinajstić information content (AvgIpc) is 2.73. The number of nitrogens with two attached hydrogens (primary N) is 1. The minimum absolute atomic E-state index is 0.594. The maximum Gasteiger partial charge on any atom is 0.261 e. The van der Waals surface area contributed by atoms with Gasteiger partial charge in [0, 0.05) is 5.92 Å². The molecular formula is C6H11N3O3S2. The van der Waals surface area contributed by atoms with Crippen LogP contribution in [0.2, 0.25) is 0 Å². The summed E-state index contributed by atoms with van der Waals surface area (Å²) in [5, 5.41) is 9.36. The van der Waals surface area contributed by atoms with E-state index in [0.717, 1.165) is 5.01 Å². The number of hydrogen-bond donors (Lipinski definition) is 2. The van der Waals surface area contributed by atoms with Gasteiger partial charge in [0.2, 0.25) is 5.13 Å². The maximum absolute atomic E-state index is 9.19. The van der Waals surface area contributed by atoms with Crippen molar-refractivity contribution in [2.75, 3.05) is 12.0 Å². The molecule has 1 aromatic rings. The van der Waals surface area contributed by atoms with Crippen molar-refractivity contribution < 1.29 is 13.0 Å². The number of rotatable bonds is 1. The van der Waals surface area contributed by atoms with Crippen LogP contribution in [0.4, 0.5) is 5.13 Å². The normalized spacial score (nSPS) is 15.9. The minimum atomic E-state index is -3.67. The van der Waals surface area contributed by atoms with Gasteiger partial charge in [-0.2, -0.15) is 8.42 Å². The molecule has 0 aromatic carbocycles. The van der Waals surface area contributed by atoms with Crippen LogP contribution in [0.25, 0.3) is 0 Å². The van der Waals surface area contributed by atoms with E-state index < -0.39 is 10.1 Å². The van der Waals surface area contributed by atoms with E-state index in [1.54, 1.807) is 0 Å². The second-order valence-electron chi connectivity index (χ2n) is 2.99. The van der Waals surface area contributed by atoms with Crippen molar-refractivity contribution in [3.05, 3.63) is 5.01 Å². The highest BCUT2D eigenvalue weighted by Gasteiger charge is 2.26. The molecule has 1 saturated carbocycles. The first-order valence-electron chi connectivity index (χ1n) is 3.87. The van der Waals surface area contributed by atoms with Crippen LogP contribution in [0, 0.1) is 0 Å². The number of nitrogen functional groups attached to an aromatic ring is 1. The molecule has 3 N–H and O–H groups in total. The second-order valence-corrected chi connectivity index (χ2v) is 5.49. The Morgan fingerprint density at radius 1 is 1.50 bits per heavy atom. The third-order valence-electron chi connectivity index (χ3n) is 1.38. The van der Waals surface area contributed by atoms with E-state index in [9.17, 15) is 8.42 Å². The van der Waals surface area contributed by atoms with Crippen molar-refractivity contribution >= 4 is 26.6 Å². The highest BCUT2D eigenvalue weighted by atomic mass is 32.2. The Kier molecular flexibility index (Phi) is 3.40. The summed E-state index contributed by atoms with van der Waals surface area (Å²) in [4.78, 5) is 0. The van der Waals surface area contributed by atoms with Gasteiger partial charge >= 0.3 is 0 Å². The van der Waals surface area contributed by atoms with Gasteiger partial charge < -0.3 is 5.73 Å². The fourth-order valence-electron chi connectivity index (χ4n) is 0.742. The fourth-order valence-corrected chi connectivity index (χ4v) is 1.52. The summed E-state index contributed by atoms with van der Waals surface area (Å²) in [6, 6.07) is 0. The topological polar surface area (TPSA) is 106 Å². The van der Waals surface area contributed by atoms with Gasteiger partial charge in [-0.3, -0.25) is 4.55 Å². The van der Waals surface area contributed by atoms with Gasteiger partial charge in [-0.15, -0.1) is 10.2 Å². The number of nitrogens with zero attached hydrogens (tertiary/aromatic N) is 2. The SMILES string of the molecule is CS(=O)(=O)O.Nc1nnc(C2CC2)s1. The Morgan fingerprint density at radius 2 is 2.00 bits per heavy atom.